The molecule has 1 saturated heterocycles. The molecular formula is C28H27Cl3FN3OS. The lowest BCUT2D eigenvalue weighted by Crippen LogP contribution is -2.32. The summed E-state index contributed by atoms with van der Waals surface area (Å²) in [6.07, 6.45) is 13.9. The van der Waals surface area contributed by atoms with Crippen LogP contribution in [0, 0.1) is 12.3 Å². The number of hydrogen-bond acceptors (Lipinski definition) is 4. The monoisotopic (exact) mass is 577 g/mol. The van der Waals surface area contributed by atoms with Crippen LogP contribution < -0.4 is 5.56 Å². The quantitative estimate of drug-likeness (QED) is 0.258. The standard InChI is InChI=1S/C28H27Cl3FN3OS/c1-4-20(23(31)15-17(3)32)27-25(33-28(37-27)18-11-13-34(5-2)14-12-18)19-9-10-24(36)35(16-19)26-21(29)7-6-8-22(26)30/h1,7,9-10,15-16,18H,5-6,8,11-14H2,2-3H3/b17-15+,23-20-. The second-order valence-electron chi connectivity index (χ2n) is 9.01. The van der Waals surface area contributed by atoms with Crippen molar-refractivity contribution in [2.75, 3.05) is 19.6 Å². The fraction of sp³-hybridized carbons (Fsp3) is 0.357. The lowest BCUT2D eigenvalue weighted by Gasteiger charge is -2.29. The van der Waals surface area contributed by atoms with Gasteiger partial charge in [0.15, 0.2) is 0 Å². The zero-order valence-corrected chi connectivity index (χ0v) is 23.7. The molecule has 0 unspecified atom stereocenters. The molecule has 1 fully saturated rings. The smallest absolute Gasteiger partial charge is 0.255 e. The Morgan fingerprint density at radius 1 is 1.32 bits per heavy atom. The highest BCUT2D eigenvalue weighted by atomic mass is 35.5. The Kier molecular flexibility index (Phi) is 9.15. The van der Waals surface area contributed by atoms with E-state index in [2.05, 4.69) is 17.7 Å². The molecule has 4 nitrogen and oxygen atoms in total. The molecule has 1 aliphatic heterocycles. The van der Waals surface area contributed by atoms with Crippen LogP contribution in [0.15, 0.2) is 56.2 Å². The van der Waals surface area contributed by atoms with Crippen LogP contribution in [0.5, 0.6) is 0 Å². The van der Waals surface area contributed by atoms with Gasteiger partial charge in [-0.25, -0.2) is 9.37 Å². The van der Waals surface area contributed by atoms with E-state index < -0.39 is 5.83 Å². The number of aromatic nitrogens is 2. The van der Waals surface area contributed by atoms with Gasteiger partial charge in [0.1, 0.15) is 0 Å². The van der Waals surface area contributed by atoms with Crippen molar-refractivity contribution in [1.82, 2.24) is 14.5 Å². The van der Waals surface area contributed by atoms with E-state index >= 15 is 0 Å². The molecule has 4 rings (SSSR count). The van der Waals surface area contributed by atoms with Crippen molar-refractivity contribution in [3.8, 4) is 23.6 Å². The molecule has 37 heavy (non-hydrogen) atoms. The molecule has 0 radical (unpaired) electrons. The molecule has 3 heterocycles. The summed E-state index contributed by atoms with van der Waals surface area (Å²) in [5.41, 5.74) is 1.81. The first-order valence-electron chi connectivity index (χ1n) is 12.1. The van der Waals surface area contributed by atoms with Gasteiger partial charge in [0, 0.05) is 28.8 Å². The zero-order chi connectivity index (χ0) is 26.7. The average molecular weight is 579 g/mol. The van der Waals surface area contributed by atoms with Crippen molar-refractivity contribution >= 4 is 57.4 Å². The van der Waals surface area contributed by atoms with Crippen LogP contribution in [0.25, 0.3) is 22.5 Å². The molecule has 0 N–H and O–H groups in total. The van der Waals surface area contributed by atoms with Gasteiger partial charge >= 0.3 is 0 Å². The second kappa shape index (κ2) is 12.1. The SMILES string of the molecule is C#C/C(=C(Cl)\C=C(/C)F)c1sc(C2CCN(CC)CC2)nc1-c1ccc(=O)n(C2=C(Cl)CCC=C2Cl)c1. The summed E-state index contributed by atoms with van der Waals surface area (Å²) in [6.45, 7) is 6.49. The Balaban J connectivity index is 1.88. The molecule has 2 aromatic heterocycles. The van der Waals surface area contributed by atoms with Crippen LogP contribution >= 0.6 is 46.1 Å². The number of pyridine rings is 1. The van der Waals surface area contributed by atoms with Gasteiger partial charge in [0.2, 0.25) is 0 Å². The van der Waals surface area contributed by atoms with Gasteiger partial charge in [-0.2, -0.15) is 0 Å². The maximum absolute atomic E-state index is 13.7. The molecule has 2 aromatic rings. The number of rotatable bonds is 6. The molecule has 0 bridgehead atoms. The van der Waals surface area contributed by atoms with Crippen LogP contribution in [0.1, 0.15) is 55.3 Å². The highest BCUT2D eigenvalue weighted by Gasteiger charge is 2.27. The molecule has 0 amide bonds. The lowest BCUT2D eigenvalue weighted by molar-refractivity contribution is 0.222. The summed E-state index contributed by atoms with van der Waals surface area (Å²) in [6, 6.07) is 3.16. The van der Waals surface area contributed by atoms with Crippen LogP contribution in [-0.4, -0.2) is 34.1 Å². The number of likely N-dealkylation sites (tertiary alicyclic amines) is 1. The van der Waals surface area contributed by atoms with Gasteiger partial charge in [0.05, 0.1) is 42.7 Å². The predicted molar refractivity (Wildman–Crippen MR) is 155 cm³/mol. The zero-order valence-electron chi connectivity index (χ0n) is 20.7. The van der Waals surface area contributed by atoms with E-state index in [1.807, 2.05) is 6.08 Å². The summed E-state index contributed by atoms with van der Waals surface area (Å²) in [5.74, 6) is 2.46. The summed E-state index contributed by atoms with van der Waals surface area (Å²) in [5, 5.41) is 2.01. The molecule has 194 valence electrons. The van der Waals surface area contributed by atoms with Gasteiger partial charge in [-0.3, -0.25) is 9.36 Å². The summed E-state index contributed by atoms with van der Waals surface area (Å²) in [7, 11) is 0. The minimum Gasteiger partial charge on any atom is -0.304 e. The molecular weight excluding hydrogens is 552 g/mol. The third-order valence-electron chi connectivity index (χ3n) is 6.56. The topological polar surface area (TPSA) is 38.1 Å². The van der Waals surface area contributed by atoms with Crippen LogP contribution in [0.2, 0.25) is 0 Å². The third kappa shape index (κ3) is 6.13. The number of terminal acetylenes is 1. The third-order valence-corrected chi connectivity index (χ3v) is 8.79. The molecule has 0 aromatic carbocycles. The van der Waals surface area contributed by atoms with Crippen molar-refractivity contribution in [3.05, 3.63) is 71.6 Å². The Morgan fingerprint density at radius 2 is 2.05 bits per heavy atom. The molecule has 1 aliphatic carbocycles. The maximum Gasteiger partial charge on any atom is 0.255 e. The molecule has 2 aliphatic rings. The van der Waals surface area contributed by atoms with Crippen molar-refractivity contribution in [1.29, 1.82) is 0 Å². The van der Waals surface area contributed by atoms with E-state index in [1.165, 1.54) is 35.0 Å². The van der Waals surface area contributed by atoms with Crippen LogP contribution in [0.4, 0.5) is 4.39 Å². The Labute approximate surface area is 235 Å². The van der Waals surface area contributed by atoms with Gasteiger partial charge < -0.3 is 4.90 Å². The van der Waals surface area contributed by atoms with Crippen molar-refractivity contribution in [2.24, 2.45) is 0 Å². The van der Waals surface area contributed by atoms with Crippen molar-refractivity contribution in [3.63, 3.8) is 0 Å². The highest BCUT2D eigenvalue weighted by Crippen LogP contribution is 2.41. The first kappa shape index (κ1) is 27.9. The van der Waals surface area contributed by atoms with E-state index in [-0.39, 0.29) is 16.5 Å². The fourth-order valence-corrected chi connectivity index (χ4v) is 6.88. The van der Waals surface area contributed by atoms with Crippen LogP contribution in [-0.2, 0) is 0 Å². The number of allylic oxidation sites excluding steroid dienone is 8. The number of halogens is 4. The molecule has 9 heteroatoms. The number of nitrogens with zero attached hydrogens (tertiary/aromatic N) is 3. The molecule has 0 spiro atoms. The Hall–Kier alpha value is -2.14. The molecule has 0 atom stereocenters. The van der Waals surface area contributed by atoms with Crippen molar-refractivity contribution in [2.45, 2.75) is 45.4 Å². The van der Waals surface area contributed by atoms with E-state index in [9.17, 15) is 9.18 Å². The minimum absolute atomic E-state index is 0.122. The predicted octanol–water partition coefficient (Wildman–Crippen LogP) is 7.95. The molecule has 0 saturated carbocycles. The van der Waals surface area contributed by atoms with Crippen LogP contribution in [0.3, 0.4) is 0 Å². The largest absolute Gasteiger partial charge is 0.304 e. The summed E-state index contributed by atoms with van der Waals surface area (Å²) >= 11 is 20.9. The number of thiazole rings is 1. The first-order chi connectivity index (χ1) is 17.7. The van der Waals surface area contributed by atoms with E-state index in [0.717, 1.165) is 37.5 Å². The normalized spacial score (nSPS) is 18.5. The van der Waals surface area contributed by atoms with Crippen molar-refractivity contribution < 1.29 is 4.39 Å². The van der Waals surface area contributed by atoms with Gasteiger partial charge in [-0.15, -0.1) is 17.8 Å². The maximum atomic E-state index is 13.7. The lowest BCUT2D eigenvalue weighted by atomic mass is 9.97. The van der Waals surface area contributed by atoms with E-state index in [0.29, 0.717) is 50.3 Å². The first-order valence-corrected chi connectivity index (χ1v) is 14.1. The van der Waals surface area contributed by atoms with E-state index in [1.54, 1.807) is 12.3 Å². The second-order valence-corrected chi connectivity index (χ2v) is 11.3. The van der Waals surface area contributed by atoms with Gasteiger partial charge in [-0.05, 0) is 64.4 Å². The van der Waals surface area contributed by atoms with Gasteiger partial charge in [-0.1, -0.05) is 53.7 Å². The van der Waals surface area contributed by atoms with Gasteiger partial charge in [0.25, 0.3) is 5.56 Å². The van der Waals surface area contributed by atoms with E-state index in [4.69, 9.17) is 46.2 Å². The summed E-state index contributed by atoms with van der Waals surface area (Å²) < 4.78 is 15.2. The minimum atomic E-state index is -0.454. The fourth-order valence-electron chi connectivity index (χ4n) is 4.58. The number of hydrogen-bond donors (Lipinski definition) is 0. The Morgan fingerprint density at radius 3 is 2.68 bits per heavy atom. The average Bonchev–Trinajstić information content (AvgIpc) is 3.30. The summed E-state index contributed by atoms with van der Waals surface area (Å²) in [4.78, 5) is 21.0. The number of piperidine rings is 1. The highest BCUT2D eigenvalue weighted by molar-refractivity contribution is 7.13. The Bertz CT molecular complexity index is 1410.